The van der Waals surface area contributed by atoms with E-state index in [4.69, 9.17) is 5.73 Å². The largest absolute Gasteiger partial charge is 0.352 e. The van der Waals surface area contributed by atoms with Crippen molar-refractivity contribution in [2.75, 3.05) is 0 Å². The lowest BCUT2D eigenvalue weighted by Gasteiger charge is -2.25. The maximum Gasteiger partial charge on any atom is 0.240 e. The Kier molecular flexibility index (Phi) is 5.55. The van der Waals surface area contributed by atoms with Gasteiger partial charge in [0.05, 0.1) is 5.54 Å². The summed E-state index contributed by atoms with van der Waals surface area (Å²) in [6.45, 7) is 7.95. The molecule has 0 aliphatic carbocycles. The first-order valence-corrected chi connectivity index (χ1v) is 7.01. The van der Waals surface area contributed by atoms with Crippen LogP contribution in [0.15, 0.2) is 24.3 Å². The van der Waals surface area contributed by atoms with Crippen LogP contribution in [0.1, 0.15) is 44.7 Å². The van der Waals surface area contributed by atoms with Crippen LogP contribution in [0.4, 0.5) is 0 Å². The number of benzene rings is 1. The molecule has 0 bridgehead atoms. The summed E-state index contributed by atoms with van der Waals surface area (Å²) in [7, 11) is 0. The molecule has 1 aromatic rings. The molecule has 0 aliphatic rings. The predicted octanol–water partition coefficient (Wildman–Crippen LogP) is 2.56. The van der Waals surface area contributed by atoms with Gasteiger partial charge in [-0.2, -0.15) is 0 Å². The second-order valence-corrected chi connectivity index (χ2v) is 5.67. The van der Waals surface area contributed by atoms with Crippen molar-refractivity contribution in [2.45, 2.75) is 58.5 Å². The first-order valence-electron chi connectivity index (χ1n) is 7.01. The second kappa shape index (κ2) is 6.71. The molecule has 0 saturated carbocycles. The smallest absolute Gasteiger partial charge is 0.240 e. The molecule has 0 radical (unpaired) electrons. The van der Waals surface area contributed by atoms with Crippen LogP contribution in [0.3, 0.4) is 0 Å². The molecule has 1 rings (SSSR count). The minimum absolute atomic E-state index is 0.0598. The van der Waals surface area contributed by atoms with Crippen LogP contribution >= 0.6 is 0 Å². The molecule has 19 heavy (non-hydrogen) atoms. The zero-order chi connectivity index (χ0) is 14.5. The molecule has 2 atom stereocenters. The van der Waals surface area contributed by atoms with Gasteiger partial charge in [-0.15, -0.1) is 0 Å². The van der Waals surface area contributed by atoms with E-state index in [1.54, 1.807) is 6.92 Å². The highest BCUT2D eigenvalue weighted by atomic mass is 16.2. The van der Waals surface area contributed by atoms with Crippen LogP contribution in [-0.2, 0) is 11.2 Å². The van der Waals surface area contributed by atoms with Gasteiger partial charge in [0.15, 0.2) is 0 Å². The Balaban J connectivity index is 2.59. The molecule has 1 amide bonds. The van der Waals surface area contributed by atoms with Gasteiger partial charge in [-0.25, -0.2) is 0 Å². The van der Waals surface area contributed by atoms with Crippen molar-refractivity contribution in [1.29, 1.82) is 0 Å². The zero-order valence-corrected chi connectivity index (χ0v) is 12.5. The van der Waals surface area contributed by atoms with Crippen molar-refractivity contribution in [2.24, 2.45) is 5.73 Å². The molecule has 2 unspecified atom stereocenters. The monoisotopic (exact) mass is 262 g/mol. The number of carbonyl (C=O) groups excluding carboxylic acids is 1. The Hall–Kier alpha value is -1.35. The summed E-state index contributed by atoms with van der Waals surface area (Å²) in [5.74, 6) is -0.0598. The molecule has 106 valence electrons. The number of hydrogen-bond acceptors (Lipinski definition) is 2. The number of aryl methyl sites for hydroxylation is 1. The summed E-state index contributed by atoms with van der Waals surface area (Å²) in [5.41, 5.74) is 7.79. The fourth-order valence-corrected chi connectivity index (χ4v) is 2.24. The van der Waals surface area contributed by atoms with E-state index in [1.807, 2.05) is 26.0 Å². The molecular formula is C16H26N2O. The van der Waals surface area contributed by atoms with E-state index in [-0.39, 0.29) is 11.9 Å². The van der Waals surface area contributed by atoms with Gasteiger partial charge in [0, 0.05) is 6.04 Å². The minimum Gasteiger partial charge on any atom is -0.352 e. The van der Waals surface area contributed by atoms with Gasteiger partial charge in [0.25, 0.3) is 0 Å². The van der Waals surface area contributed by atoms with E-state index in [9.17, 15) is 4.79 Å². The average molecular weight is 262 g/mol. The molecule has 0 heterocycles. The van der Waals surface area contributed by atoms with Gasteiger partial charge in [-0.3, -0.25) is 4.79 Å². The van der Waals surface area contributed by atoms with Gasteiger partial charge in [0.1, 0.15) is 0 Å². The van der Waals surface area contributed by atoms with Gasteiger partial charge >= 0.3 is 0 Å². The number of nitrogens with one attached hydrogen (secondary N) is 1. The Morgan fingerprint density at radius 2 is 2.05 bits per heavy atom. The van der Waals surface area contributed by atoms with Gasteiger partial charge in [0.2, 0.25) is 5.91 Å². The first kappa shape index (κ1) is 15.7. The van der Waals surface area contributed by atoms with Crippen molar-refractivity contribution < 1.29 is 4.79 Å². The first-order chi connectivity index (χ1) is 8.86. The molecule has 3 heteroatoms. The highest BCUT2D eigenvalue weighted by molar-refractivity contribution is 5.85. The molecule has 0 spiro atoms. The third kappa shape index (κ3) is 4.67. The maximum atomic E-state index is 12.1. The summed E-state index contributed by atoms with van der Waals surface area (Å²) in [6, 6.07) is 8.34. The van der Waals surface area contributed by atoms with Crippen molar-refractivity contribution >= 4 is 5.91 Å². The molecule has 3 nitrogen and oxygen atoms in total. The second-order valence-electron chi connectivity index (χ2n) is 5.67. The quantitative estimate of drug-likeness (QED) is 0.828. The Morgan fingerprint density at radius 3 is 2.63 bits per heavy atom. The topological polar surface area (TPSA) is 55.1 Å². The zero-order valence-electron chi connectivity index (χ0n) is 12.5. The third-order valence-corrected chi connectivity index (χ3v) is 3.45. The van der Waals surface area contributed by atoms with Crippen LogP contribution in [0, 0.1) is 6.92 Å². The Bertz CT molecular complexity index is 427. The summed E-state index contributed by atoms with van der Waals surface area (Å²) in [6.07, 6.45) is 2.45. The van der Waals surface area contributed by atoms with E-state index in [0.29, 0.717) is 6.42 Å². The fourth-order valence-electron chi connectivity index (χ4n) is 2.24. The molecule has 0 aliphatic heterocycles. The molecule has 0 aromatic heterocycles. The van der Waals surface area contributed by atoms with E-state index in [2.05, 4.69) is 24.4 Å². The standard InChI is InChI=1S/C16H26N2O/c1-5-10-16(4,17)15(19)18-13(3)11-14-9-7-6-8-12(14)2/h6-9,13H,5,10-11,17H2,1-4H3,(H,18,19). The molecule has 3 N–H and O–H groups in total. The average Bonchev–Trinajstić information content (AvgIpc) is 2.32. The lowest BCUT2D eigenvalue weighted by molar-refractivity contribution is -0.126. The lowest BCUT2D eigenvalue weighted by atomic mass is 9.95. The predicted molar refractivity (Wildman–Crippen MR) is 80.0 cm³/mol. The fraction of sp³-hybridized carbons (Fsp3) is 0.562. The van der Waals surface area contributed by atoms with Crippen LogP contribution in [-0.4, -0.2) is 17.5 Å². The van der Waals surface area contributed by atoms with Crippen molar-refractivity contribution in [1.82, 2.24) is 5.32 Å². The molecular weight excluding hydrogens is 236 g/mol. The molecule has 0 saturated heterocycles. The number of rotatable bonds is 6. The van der Waals surface area contributed by atoms with Crippen molar-refractivity contribution in [3.05, 3.63) is 35.4 Å². The summed E-state index contributed by atoms with van der Waals surface area (Å²) < 4.78 is 0. The number of amides is 1. The third-order valence-electron chi connectivity index (χ3n) is 3.45. The van der Waals surface area contributed by atoms with Crippen LogP contribution < -0.4 is 11.1 Å². The minimum atomic E-state index is -0.769. The summed E-state index contributed by atoms with van der Waals surface area (Å²) >= 11 is 0. The normalized spacial score (nSPS) is 15.6. The highest BCUT2D eigenvalue weighted by Crippen LogP contribution is 2.12. The highest BCUT2D eigenvalue weighted by Gasteiger charge is 2.27. The van der Waals surface area contributed by atoms with Crippen molar-refractivity contribution in [3.63, 3.8) is 0 Å². The van der Waals surface area contributed by atoms with E-state index >= 15 is 0 Å². The van der Waals surface area contributed by atoms with Gasteiger partial charge in [-0.1, -0.05) is 37.6 Å². The van der Waals surface area contributed by atoms with Crippen LogP contribution in [0.25, 0.3) is 0 Å². The SMILES string of the molecule is CCCC(C)(N)C(=O)NC(C)Cc1ccccc1C. The van der Waals surface area contributed by atoms with E-state index < -0.39 is 5.54 Å². The number of hydrogen-bond donors (Lipinski definition) is 2. The maximum absolute atomic E-state index is 12.1. The summed E-state index contributed by atoms with van der Waals surface area (Å²) in [4.78, 5) is 12.1. The molecule has 1 aromatic carbocycles. The van der Waals surface area contributed by atoms with Crippen LogP contribution in [0.5, 0.6) is 0 Å². The van der Waals surface area contributed by atoms with Crippen LogP contribution in [0.2, 0.25) is 0 Å². The van der Waals surface area contributed by atoms with E-state index in [0.717, 1.165) is 12.8 Å². The number of carbonyl (C=O) groups is 1. The summed E-state index contributed by atoms with van der Waals surface area (Å²) in [5, 5.41) is 3.02. The van der Waals surface area contributed by atoms with E-state index in [1.165, 1.54) is 11.1 Å². The van der Waals surface area contributed by atoms with Gasteiger partial charge in [-0.05, 0) is 44.7 Å². The van der Waals surface area contributed by atoms with Gasteiger partial charge < -0.3 is 11.1 Å². The molecule has 0 fully saturated rings. The number of nitrogens with two attached hydrogens (primary N) is 1. The lowest BCUT2D eigenvalue weighted by Crippen LogP contribution is -2.53. The Morgan fingerprint density at radius 1 is 1.42 bits per heavy atom. The Labute approximate surface area is 116 Å². The van der Waals surface area contributed by atoms with Crippen molar-refractivity contribution in [3.8, 4) is 0 Å².